The molecule has 1 aliphatic rings. The van der Waals surface area contributed by atoms with Gasteiger partial charge in [0.05, 0.1) is 0 Å². The molecule has 0 aliphatic heterocycles. The SMILES string of the molecule is FC(F)(F)c1nc(Cl)c2c(n1)CCC2. The van der Waals surface area contributed by atoms with E-state index in [-0.39, 0.29) is 5.15 Å². The molecule has 0 atom stereocenters. The minimum Gasteiger partial charge on any atom is -0.229 e. The molecule has 1 aliphatic carbocycles. The van der Waals surface area contributed by atoms with Gasteiger partial charge in [0.1, 0.15) is 5.15 Å². The van der Waals surface area contributed by atoms with E-state index in [0.29, 0.717) is 24.1 Å². The number of fused-ring (bicyclic) bond motifs is 1. The van der Waals surface area contributed by atoms with Crippen molar-refractivity contribution >= 4 is 11.6 Å². The Kier molecular flexibility index (Phi) is 2.14. The fourth-order valence-electron chi connectivity index (χ4n) is 1.51. The van der Waals surface area contributed by atoms with Gasteiger partial charge in [0.15, 0.2) is 0 Å². The number of aromatic nitrogens is 2. The molecule has 0 bridgehead atoms. The largest absolute Gasteiger partial charge is 0.451 e. The van der Waals surface area contributed by atoms with Crippen LogP contribution in [0.25, 0.3) is 0 Å². The Hall–Kier alpha value is -0.840. The molecule has 0 aromatic carbocycles. The lowest BCUT2D eigenvalue weighted by molar-refractivity contribution is -0.145. The number of hydrogen-bond donors (Lipinski definition) is 0. The normalized spacial score (nSPS) is 15.7. The average molecular weight is 223 g/mol. The van der Waals surface area contributed by atoms with Crippen LogP contribution in [0.2, 0.25) is 5.15 Å². The molecule has 0 amide bonds. The number of hydrogen-bond acceptors (Lipinski definition) is 2. The summed E-state index contributed by atoms with van der Waals surface area (Å²) in [6.45, 7) is 0. The first kappa shape index (κ1) is 9.71. The Morgan fingerprint density at radius 1 is 1.14 bits per heavy atom. The summed E-state index contributed by atoms with van der Waals surface area (Å²) in [6, 6.07) is 0. The molecule has 2 nitrogen and oxygen atoms in total. The minimum atomic E-state index is -4.51. The molecule has 0 spiro atoms. The topological polar surface area (TPSA) is 25.8 Å². The molecule has 0 saturated heterocycles. The second-order valence-corrected chi connectivity index (χ2v) is 3.47. The van der Waals surface area contributed by atoms with Crippen molar-refractivity contribution < 1.29 is 13.2 Å². The molecule has 0 saturated carbocycles. The number of rotatable bonds is 0. The zero-order chi connectivity index (χ0) is 10.3. The summed E-state index contributed by atoms with van der Waals surface area (Å²) in [4.78, 5) is 6.71. The van der Waals surface area contributed by atoms with Crippen molar-refractivity contribution in [2.45, 2.75) is 25.4 Å². The summed E-state index contributed by atoms with van der Waals surface area (Å²) >= 11 is 5.63. The van der Waals surface area contributed by atoms with Crippen molar-refractivity contribution in [3.05, 3.63) is 22.2 Å². The number of aryl methyl sites for hydroxylation is 1. The summed E-state index contributed by atoms with van der Waals surface area (Å²) in [5, 5.41) is -0.0557. The van der Waals surface area contributed by atoms with Crippen molar-refractivity contribution in [2.24, 2.45) is 0 Å². The fraction of sp³-hybridized carbons (Fsp3) is 0.500. The Bertz CT molecular complexity index is 376. The molecule has 0 radical (unpaired) electrons. The van der Waals surface area contributed by atoms with Crippen LogP contribution >= 0.6 is 11.6 Å². The van der Waals surface area contributed by atoms with Gasteiger partial charge in [-0.05, 0) is 19.3 Å². The first-order chi connectivity index (χ1) is 6.48. The van der Waals surface area contributed by atoms with Crippen molar-refractivity contribution in [3.63, 3.8) is 0 Å². The molecule has 0 unspecified atom stereocenters. The van der Waals surface area contributed by atoms with Crippen LogP contribution in [0.4, 0.5) is 13.2 Å². The van der Waals surface area contributed by atoms with E-state index >= 15 is 0 Å². The van der Waals surface area contributed by atoms with Gasteiger partial charge in [0.2, 0.25) is 5.82 Å². The van der Waals surface area contributed by atoms with Gasteiger partial charge in [-0.3, -0.25) is 0 Å². The van der Waals surface area contributed by atoms with E-state index in [1.807, 2.05) is 0 Å². The van der Waals surface area contributed by atoms with E-state index < -0.39 is 12.0 Å². The highest BCUT2D eigenvalue weighted by atomic mass is 35.5. The van der Waals surface area contributed by atoms with Gasteiger partial charge in [0, 0.05) is 11.3 Å². The van der Waals surface area contributed by atoms with Crippen LogP contribution in [-0.4, -0.2) is 9.97 Å². The Morgan fingerprint density at radius 2 is 1.86 bits per heavy atom. The molecule has 14 heavy (non-hydrogen) atoms. The standard InChI is InChI=1S/C8H6ClF3N2/c9-6-4-2-1-3-5(4)13-7(14-6)8(10,11)12/h1-3H2. The predicted octanol–water partition coefficient (Wildman–Crippen LogP) is 2.64. The van der Waals surface area contributed by atoms with Crippen LogP contribution in [-0.2, 0) is 19.0 Å². The van der Waals surface area contributed by atoms with E-state index in [1.54, 1.807) is 0 Å². The maximum atomic E-state index is 12.3. The summed E-state index contributed by atoms with van der Waals surface area (Å²) in [5.41, 5.74) is 1.11. The average Bonchev–Trinajstić information content (AvgIpc) is 2.50. The van der Waals surface area contributed by atoms with Gasteiger partial charge in [-0.15, -0.1) is 0 Å². The lowest BCUT2D eigenvalue weighted by Crippen LogP contribution is -2.13. The highest BCUT2D eigenvalue weighted by Crippen LogP contribution is 2.32. The fourth-order valence-corrected chi connectivity index (χ4v) is 1.80. The molecule has 76 valence electrons. The summed E-state index contributed by atoms with van der Waals surface area (Å²) < 4.78 is 36.8. The molecule has 1 aromatic rings. The van der Waals surface area contributed by atoms with Crippen LogP contribution in [0.15, 0.2) is 0 Å². The van der Waals surface area contributed by atoms with Crippen molar-refractivity contribution in [1.29, 1.82) is 0 Å². The molecule has 1 aromatic heterocycles. The molecule has 0 fully saturated rings. The van der Waals surface area contributed by atoms with Crippen LogP contribution < -0.4 is 0 Å². The maximum Gasteiger partial charge on any atom is 0.451 e. The van der Waals surface area contributed by atoms with Crippen LogP contribution in [0.5, 0.6) is 0 Å². The van der Waals surface area contributed by atoms with Crippen LogP contribution in [0.3, 0.4) is 0 Å². The van der Waals surface area contributed by atoms with Crippen molar-refractivity contribution in [1.82, 2.24) is 9.97 Å². The smallest absolute Gasteiger partial charge is 0.229 e. The first-order valence-electron chi connectivity index (χ1n) is 4.11. The molecule has 1 heterocycles. The highest BCUT2D eigenvalue weighted by molar-refractivity contribution is 6.30. The summed E-state index contributed by atoms with van der Waals surface area (Å²) in [7, 11) is 0. The Morgan fingerprint density at radius 3 is 2.50 bits per heavy atom. The van der Waals surface area contributed by atoms with Gasteiger partial charge in [0.25, 0.3) is 0 Å². The molecule has 6 heteroatoms. The third-order valence-corrected chi connectivity index (χ3v) is 2.45. The Labute approximate surface area is 83.1 Å². The van der Waals surface area contributed by atoms with E-state index in [1.165, 1.54) is 0 Å². The van der Waals surface area contributed by atoms with Gasteiger partial charge in [-0.25, -0.2) is 9.97 Å². The van der Waals surface area contributed by atoms with E-state index in [9.17, 15) is 13.2 Å². The molecular formula is C8H6ClF3N2. The summed E-state index contributed by atoms with van der Waals surface area (Å²) in [6.07, 6.45) is -2.49. The van der Waals surface area contributed by atoms with Crippen LogP contribution in [0, 0.1) is 0 Å². The zero-order valence-corrected chi connectivity index (χ0v) is 7.78. The van der Waals surface area contributed by atoms with Gasteiger partial charge in [-0.1, -0.05) is 11.6 Å². The Balaban J connectivity index is 2.52. The van der Waals surface area contributed by atoms with Gasteiger partial charge in [-0.2, -0.15) is 13.2 Å². The quantitative estimate of drug-likeness (QED) is 0.631. The number of halogens is 4. The molecule has 2 rings (SSSR count). The lowest BCUT2D eigenvalue weighted by atomic mass is 10.3. The maximum absolute atomic E-state index is 12.3. The first-order valence-corrected chi connectivity index (χ1v) is 4.49. The molecular weight excluding hydrogens is 217 g/mol. The van der Waals surface area contributed by atoms with Gasteiger partial charge < -0.3 is 0 Å². The zero-order valence-electron chi connectivity index (χ0n) is 7.03. The summed E-state index contributed by atoms with van der Waals surface area (Å²) in [5.74, 6) is -1.14. The lowest BCUT2D eigenvalue weighted by Gasteiger charge is -2.07. The molecule has 0 N–H and O–H groups in total. The minimum absolute atomic E-state index is 0.0557. The number of nitrogens with zero attached hydrogens (tertiary/aromatic N) is 2. The van der Waals surface area contributed by atoms with Gasteiger partial charge >= 0.3 is 6.18 Å². The predicted molar refractivity (Wildman–Crippen MR) is 44.1 cm³/mol. The number of alkyl halides is 3. The third kappa shape index (κ3) is 1.56. The van der Waals surface area contributed by atoms with Crippen molar-refractivity contribution in [3.8, 4) is 0 Å². The van der Waals surface area contributed by atoms with E-state index in [0.717, 1.165) is 6.42 Å². The van der Waals surface area contributed by atoms with Crippen molar-refractivity contribution in [2.75, 3.05) is 0 Å². The van der Waals surface area contributed by atoms with E-state index in [4.69, 9.17) is 11.6 Å². The monoisotopic (exact) mass is 222 g/mol. The second-order valence-electron chi connectivity index (χ2n) is 3.11. The second kappa shape index (κ2) is 3.08. The highest BCUT2D eigenvalue weighted by Gasteiger charge is 2.36. The van der Waals surface area contributed by atoms with Crippen LogP contribution in [0.1, 0.15) is 23.5 Å². The van der Waals surface area contributed by atoms with E-state index in [2.05, 4.69) is 9.97 Å². The third-order valence-electron chi connectivity index (χ3n) is 2.14.